The third-order valence-electron chi connectivity index (χ3n) is 2.72. The number of para-hydroxylation sites is 1. The lowest BCUT2D eigenvalue weighted by atomic mass is 10.1. The van der Waals surface area contributed by atoms with Crippen molar-refractivity contribution in [1.29, 1.82) is 0 Å². The Morgan fingerprint density at radius 3 is 2.65 bits per heavy atom. The Kier molecular flexibility index (Phi) is 4.37. The number of carbonyl (C=O) groups excluding carboxylic acids is 1. The summed E-state index contributed by atoms with van der Waals surface area (Å²) in [5.41, 5.74) is -0.123. The van der Waals surface area contributed by atoms with Gasteiger partial charge in [-0.2, -0.15) is 0 Å². The van der Waals surface area contributed by atoms with Crippen molar-refractivity contribution in [2.75, 3.05) is 5.32 Å². The predicted octanol–water partition coefficient (Wildman–Crippen LogP) is 2.72. The summed E-state index contributed by atoms with van der Waals surface area (Å²) in [6.07, 6.45) is 0.889. The van der Waals surface area contributed by atoms with Gasteiger partial charge in [0.1, 0.15) is 5.56 Å². The zero-order chi connectivity index (χ0) is 14.5. The average molecular weight is 291 g/mol. The van der Waals surface area contributed by atoms with Crippen LogP contribution >= 0.6 is 11.3 Å². The van der Waals surface area contributed by atoms with Crippen LogP contribution in [0.15, 0.2) is 35.7 Å². The minimum atomic E-state index is -1.24. The van der Waals surface area contributed by atoms with E-state index < -0.39 is 11.7 Å². The summed E-state index contributed by atoms with van der Waals surface area (Å²) in [7, 11) is 0. The third kappa shape index (κ3) is 3.36. The Balaban J connectivity index is 2.01. The van der Waals surface area contributed by atoms with Crippen LogP contribution in [0.5, 0.6) is 5.75 Å². The first-order chi connectivity index (χ1) is 9.58. The number of benzene rings is 1. The summed E-state index contributed by atoms with van der Waals surface area (Å²) in [6.45, 7) is 0. The molecule has 2 rings (SSSR count). The van der Waals surface area contributed by atoms with Crippen molar-refractivity contribution >= 4 is 28.9 Å². The predicted molar refractivity (Wildman–Crippen MR) is 76.3 cm³/mol. The minimum Gasteiger partial charge on any atom is -0.505 e. The third-order valence-corrected chi connectivity index (χ3v) is 3.66. The topological polar surface area (TPSA) is 86.6 Å². The molecule has 1 aromatic heterocycles. The van der Waals surface area contributed by atoms with E-state index in [2.05, 4.69) is 5.32 Å². The molecule has 0 aliphatic carbocycles. The molecule has 20 heavy (non-hydrogen) atoms. The van der Waals surface area contributed by atoms with Crippen molar-refractivity contribution in [3.05, 3.63) is 46.2 Å². The normalized spacial score (nSPS) is 10.2. The van der Waals surface area contributed by atoms with Crippen LogP contribution in [-0.2, 0) is 11.2 Å². The molecule has 0 fully saturated rings. The molecule has 0 radical (unpaired) electrons. The fourth-order valence-corrected chi connectivity index (χ4v) is 2.43. The number of hydrogen-bond acceptors (Lipinski definition) is 4. The van der Waals surface area contributed by atoms with E-state index in [4.69, 9.17) is 5.11 Å². The lowest BCUT2D eigenvalue weighted by Crippen LogP contribution is -2.13. The molecule has 6 heteroatoms. The number of amides is 1. The first kappa shape index (κ1) is 14.1. The van der Waals surface area contributed by atoms with Gasteiger partial charge in [0.25, 0.3) is 0 Å². The lowest BCUT2D eigenvalue weighted by Gasteiger charge is -2.08. The first-order valence-electron chi connectivity index (χ1n) is 5.95. The molecule has 1 aromatic carbocycles. The van der Waals surface area contributed by atoms with Gasteiger partial charge in [-0.3, -0.25) is 4.79 Å². The molecule has 0 aliphatic rings. The second kappa shape index (κ2) is 6.21. The monoisotopic (exact) mass is 291 g/mol. The Hall–Kier alpha value is -2.34. The summed E-state index contributed by atoms with van der Waals surface area (Å²) in [5, 5.41) is 23.1. The highest BCUT2D eigenvalue weighted by molar-refractivity contribution is 7.09. The Morgan fingerprint density at radius 1 is 1.20 bits per heavy atom. The van der Waals surface area contributed by atoms with Gasteiger partial charge in [0, 0.05) is 11.3 Å². The van der Waals surface area contributed by atoms with Crippen LogP contribution in [0.1, 0.15) is 21.7 Å². The van der Waals surface area contributed by atoms with E-state index in [1.165, 1.54) is 18.2 Å². The highest BCUT2D eigenvalue weighted by Crippen LogP contribution is 2.27. The Labute approximate surface area is 119 Å². The maximum atomic E-state index is 11.8. The van der Waals surface area contributed by atoms with E-state index in [1.54, 1.807) is 11.3 Å². The average Bonchev–Trinajstić information content (AvgIpc) is 2.91. The minimum absolute atomic E-state index is 0.112. The molecule has 5 nitrogen and oxygen atoms in total. The van der Waals surface area contributed by atoms with Gasteiger partial charge >= 0.3 is 5.97 Å². The van der Waals surface area contributed by atoms with E-state index in [0.29, 0.717) is 6.42 Å². The molecule has 0 aliphatic heterocycles. The quantitative estimate of drug-likeness (QED) is 0.739. The number of aryl methyl sites for hydroxylation is 1. The van der Waals surface area contributed by atoms with Crippen molar-refractivity contribution < 1.29 is 19.8 Å². The summed E-state index contributed by atoms with van der Waals surface area (Å²) in [5.74, 6) is -1.93. The largest absolute Gasteiger partial charge is 0.505 e. The number of nitrogens with one attached hydrogen (secondary N) is 1. The molecule has 3 N–H and O–H groups in total. The van der Waals surface area contributed by atoms with Crippen LogP contribution < -0.4 is 5.32 Å². The SMILES string of the molecule is O=C(CCc1cccs1)Nc1cccc(C(=O)O)c1O. The van der Waals surface area contributed by atoms with Crippen molar-refractivity contribution in [3.63, 3.8) is 0 Å². The summed E-state index contributed by atoms with van der Waals surface area (Å²) in [4.78, 5) is 23.7. The number of carboxylic acids is 1. The number of thiophene rings is 1. The van der Waals surface area contributed by atoms with Crippen LogP contribution in [0.3, 0.4) is 0 Å². The molecule has 0 saturated carbocycles. The maximum absolute atomic E-state index is 11.8. The van der Waals surface area contributed by atoms with Gasteiger partial charge in [0.15, 0.2) is 5.75 Å². The first-order valence-corrected chi connectivity index (χ1v) is 6.83. The molecule has 0 bridgehead atoms. The number of aromatic carboxylic acids is 1. The zero-order valence-corrected chi connectivity index (χ0v) is 11.3. The fraction of sp³-hybridized carbons (Fsp3) is 0.143. The van der Waals surface area contributed by atoms with Crippen LogP contribution in [-0.4, -0.2) is 22.1 Å². The van der Waals surface area contributed by atoms with E-state index in [0.717, 1.165) is 4.88 Å². The lowest BCUT2D eigenvalue weighted by molar-refractivity contribution is -0.116. The maximum Gasteiger partial charge on any atom is 0.339 e. The van der Waals surface area contributed by atoms with Gasteiger partial charge in [-0.15, -0.1) is 11.3 Å². The number of carboxylic acid groups (broad SMARTS) is 1. The van der Waals surface area contributed by atoms with Crippen LogP contribution in [0.2, 0.25) is 0 Å². The standard InChI is InChI=1S/C14H13NO4S/c16-12(7-6-9-3-2-8-20-9)15-11-5-1-4-10(13(11)17)14(18)19/h1-5,8,17H,6-7H2,(H,15,16)(H,18,19). The number of anilines is 1. The van der Waals surface area contributed by atoms with Crippen molar-refractivity contribution in [2.45, 2.75) is 12.8 Å². The fourth-order valence-electron chi connectivity index (χ4n) is 1.72. The Bertz CT molecular complexity index is 622. The number of hydrogen-bond donors (Lipinski definition) is 3. The summed E-state index contributed by atoms with van der Waals surface area (Å²) in [6, 6.07) is 8.07. The van der Waals surface area contributed by atoms with Crippen LogP contribution in [0.4, 0.5) is 5.69 Å². The second-order valence-electron chi connectivity index (χ2n) is 4.13. The van der Waals surface area contributed by atoms with Gasteiger partial charge < -0.3 is 15.5 Å². The van der Waals surface area contributed by atoms with Gasteiger partial charge in [-0.25, -0.2) is 4.79 Å². The van der Waals surface area contributed by atoms with Gasteiger partial charge in [-0.05, 0) is 30.0 Å². The van der Waals surface area contributed by atoms with Crippen molar-refractivity contribution in [3.8, 4) is 5.75 Å². The van der Waals surface area contributed by atoms with E-state index in [-0.39, 0.29) is 23.6 Å². The number of rotatable bonds is 5. The molecule has 0 spiro atoms. The molecule has 2 aromatic rings. The summed E-state index contributed by atoms with van der Waals surface area (Å²) >= 11 is 1.57. The van der Waals surface area contributed by atoms with Crippen LogP contribution in [0.25, 0.3) is 0 Å². The van der Waals surface area contributed by atoms with Gasteiger partial charge in [-0.1, -0.05) is 12.1 Å². The molecule has 1 heterocycles. The van der Waals surface area contributed by atoms with Gasteiger partial charge in [0.05, 0.1) is 5.69 Å². The van der Waals surface area contributed by atoms with Crippen molar-refractivity contribution in [1.82, 2.24) is 0 Å². The van der Waals surface area contributed by atoms with Crippen molar-refractivity contribution in [2.24, 2.45) is 0 Å². The molecule has 0 atom stereocenters. The highest BCUT2D eigenvalue weighted by atomic mass is 32.1. The van der Waals surface area contributed by atoms with E-state index in [1.807, 2.05) is 17.5 Å². The Morgan fingerprint density at radius 2 is 2.00 bits per heavy atom. The van der Waals surface area contributed by atoms with E-state index >= 15 is 0 Å². The summed E-state index contributed by atoms with van der Waals surface area (Å²) < 4.78 is 0. The smallest absolute Gasteiger partial charge is 0.339 e. The molecule has 1 amide bonds. The molecule has 0 unspecified atom stereocenters. The molecular weight excluding hydrogens is 278 g/mol. The zero-order valence-electron chi connectivity index (χ0n) is 10.5. The van der Waals surface area contributed by atoms with E-state index in [9.17, 15) is 14.7 Å². The number of aromatic hydroxyl groups is 1. The van der Waals surface area contributed by atoms with Gasteiger partial charge in [0.2, 0.25) is 5.91 Å². The number of carbonyl (C=O) groups is 2. The second-order valence-corrected chi connectivity index (χ2v) is 5.17. The number of phenols is 1. The van der Waals surface area contributed by atoms with Crippen LogP contribution in [0, 0.1) is 0 Å². The molecule has 0 saturated heterocycles. The molecule has 104 valence electrons. The molecular formula is C14H13NO4S. The highest BCUT2D eigenvalue weighted by Gasteiger charge is 2.14.